The van der Waals surface area contributed by atoms with Gasteiger partial charge in [0.1, 0.15) is 5.75 Å². The zero-order valence-corrected chi connectivity index (χ0v) is 12.4. The highest BCUT2D eigenvalue weighted by atomic mass is 16.5. The fourth-order valence-electron chi connectivity index (χ4n) is 3.18. The Kier molecular flexibility index (Phi) is 4.26. The molecule has 0 amide bonds. The first-order valence-corrected chi connectivity index (χ1v) is 7.76. The maximum Gasteiger partial charge on any atom is 0.122 e. The molecular formula is C19H23NO. The molecule has 1 unspecified atom stereocenters. The topological polar surface area (TPSA) is 35.2 Å². The van der Waals surface area contributed by atoms with E-state index in [1.54, 1.807) is 0 Å². The Labute approximate surface area is 126 Å². The van der Waals surface area contributed by atoms with E-state index in [1.165, 1.54) is 11.1 Å². The summed E-state index contributed by atoms with van der Waals surface area (Å²) < 4.78 is 5.95. The third-order valence-corrected chi connectivity index (χ3v) is 4.52. The van der Waals surface area contributed by atoms with Crippen molar-refractivity contribution in [3.8, 4) is 5.75 Å². The van der Waals surface area contributed by atoms with Gasteiger partial charge in [-0.2, -0.15) is 0 Å². The van der Waals surface area contributed by atoms with Crippen molar-refractivity contribution in [3.05, 3.63) is 65.7 Å². The van der Waals surface area contributed by atoms with Crippen LogP contribution in [-0.2, 0) is 12.8 Å². The first-order chi connectivity index (χ1) is 10.3. The van der Waals surface area contributed by atoms with Crippen molar-refractivity contribution in [1.82, 2.24) is 0 Å². The van der Waals surface area contributed by atoms with Crippen molar-refractivity contribution in [1.29, 1.82) is 0 Å². The minimum absolute atomic E-state index is 0.100. The van der Waals surface area contributed by atoms with Crippen molar-refractivity contribution in [2.45, 2.75) is 25.7 Å². The summed E-state index contributed by atoms with van der Waals surface area (Å²) in [5.41, 5.74) is 8.90. The molecule has 0 aliphatic carbocycles. The van der Waals surface area contributed by atoms with Gasteiger partial charge in [-0.3, -0.25) is 0 Å². The van der Waals surface area contributed by atoms with Gasteiger partial charge in [-0.15, -0.1) is 0 Å². The fourth-order valence-corrected chi connectivity index (χ4v) is 3.18. The third-order valence-electron chi connectivity index (χ3n) is 4.52. The molecule has 0 spiro atoms. The number of para-hydroxylation sites is 1. The number of rotatable bonds is 5. The lowest BCUT2D eigenvalue weighted by molar-refractivity contribution is 0.115. The normalized spacial score (nSPS) is 20.6. The molecule has 0 saturated carbocycles. The zero-order chi connectivity index (χ0) is 14.5. The standard InChI is InChI=1S/C19H23NO/c20-14-19(12-6-9-16-7-2-1-3-8-16)13-17-10-4-5-11-18(17)21-15-19/h1-5,7-8,10-11H,6,9,12-15,20H2. The van der Waals surface area contributed by atoms with Gasteiger partial charge >= 0.3 is 0 Å². The Morgan fingerprint density at radius 3 is 2.57 bits per heavy atom. The van der Waals surface area contributed by atoms with Crippen molar-refractivity contribution in [2.24, 2.45) is 11.1 Å². The first-order valence-electron chi connectivity index (χ1n) is 7.76. The molecule has 2 N–H and O–H groups in total. The van der Waals surface area contributed by atoms with Crippen molar-refractivity contribution < 1.29 is 4.74 Å². The van der Waals surface area contributed by atoms with Crippen LogP contribution in [0.1, 0.15) is 24.0 Å². The van der Waals surface area contributed by atoms with Crippen LogP contribution >= 0.6 is 0 Å². The van der Waals surface area contributed by atoms with Gasteiger partial charge in [0.25, 0.3) is 0 Å². The van der Waals surface area contributed by atoms with Gasteiger partial charge in [0.05, 0.1) is 6.61 Å². The van der Waals surface area contributed by atoms with E-state index in [0.29, 0.717) is 6.54 Å². The molecule has 21 heavy (non-hydrogen) atoms. The van der Waals surface area contributed by atoms with Crippen LogP contribution in [0.2, 0.25) is 0 Å². The van der Waals surface area contributed by atoms with Crippen LogP contribution in [0.5, 0.6) is 5.75 Å². The monoisotopic (exact) mass is 281 g/mol. The maximum absolute atomic E-state index is 6.09. The molecule has 0 fully saturated rings. The minimum Gasteiger partial charge on any atom is -0.493 e. The Morgan fingerprint density at radius 1 is 1.00 bits per heavy atom. The van der Waals surface area contributed by atoms with Crippen LogP contribution in [-0.4, -0.2) is 13.2 Å². The van der Waals surface area contributed by atoms with Crippen LogP contribution in [0.3, 0.4) is 0 Å². The highest BCUT2D eigenvalue weighted by Crippen LogP contribution is 2.37. The van der Waals surface area contributed by atoms with E-state index in [9.17, 15) is 0 Å². The van der Waals surface area contributed by atoms with Gasteiger partial charge in [0.15, 0.2) is 0 Å². The summed E-state index contributed by atoms with van der Waals surface area (Å²) >= 11 is 0. The van der Waals surface area contributed by atoms with E-state index in [-0.39, 0.29) is 5.41 Å². The molecule has 3 rings (SSSR count). The van der Waals surface area contributed by atoms with Gasteiger partial charge in [0.2, 0.25) is 0 Å². The average molecular weight is 281 g/mol. The predicted molar refractivity (Wildman–Crippen MR) is 86.5 cm³/mol. The molecule has 2 aromatic carbocycles. The maximum atomic E-state index is 6.09. The van der Waals surface area contributed by atoms with Crippen molar-refractivity contribution >= 4 is 0 Å². The molecule has 1 heterocycles. The quantitative estimate of drug-likeness (QED) is 0.909. The minimum atomic E-state index is 0.100. The third kappa shape index (κ3) is 3.27. The SMILES string of the molecule is NCC1(CCCc2ccccc2)COc2ccccc2C1. The van der Waals surface area contributed by atoms with Crippen LogP contribution in [0, 0.1) is 5.41 Å². The van der Waals surface area contributed by atoms with Crippen LogP contribution in [0.15, 0.2) is 54.6 Å². The molecule has 0 aromatic heterocycles. The van der Waals surface area contributed by atoms with Crippen molar-refractivity contribution in [2.75, 3.05) is 13.2 Å². The second kappa shape index (κ2) is 6.31. The number of nitrogens with two attached hydrogens (primary N) is 1. The number of hydrogen-bond acceptors (Lipinski definition) is 2. The molecule has 1 aliphatic rings. The van der Waals surface area contributed by atoms with Gasteiger partial charge in [-0.05, 0) is 42.9 Å². The van der Waals surface area contributed by atoms with Gasteiger partial charge in [0, 0.05) is 12.0 Å². The first kappa shape index (κ1) is 14.2. The second-order valence-corrected chi connectivity index (χ2v) is 6.12. The lowest BCUT2D eigenvalue weighted by Crippen LogP contribution is -2.41. The summed E-state index contributed by atoms with van der Waals surface area (Å²) in [4.78, 5) is 0. The Morgan fingerprint density at radius 2 is 1.76 bits per heavy atom. The molecule has 0 saturated heterocycles. The lowest BCUT2D eigenvalue weighted by atomic mass is 9.76. The summed E-state index contributed by atoms with van der Waals surface area (Å²) in [6, 6.07) is 19.0. The smallest absolute Gasteiger partial charge is 0.122 e. The van der Waals surface area contributed by atoms with Gasteiger partial charge in [-0.25, -0.2) is 0 Å². The van der Waals surface area contributed by atoms with Crippen LogP contribution in [0.25, 0.3) is 0 Å². The number of aryl methyl sites for hydroxylation is 1. The Bertz CT molecular complexity index is 581. The largest absolute Gasteiger partial charge is 0.493 e. The van der Waals surface area contributed by atoms with Crippen molar-refractivity contribution in [3.63, 3.8) is 0 Å². The number of hydrogen-bond donors (Lipinski definition) is 1. The molecule has 0 radical (unpaired) electrons. The molecule has 1 aliphatic heterocycles. The zero-order valence-electron chi connectivity index (χ0n) is 12.4. The van der Waals surface area contributed by atoms with Crippen LogP contribution < -0.4 is 10.5 Å². The van der Waals surface area contributed by atoms with Crippen LogP contribution in [0.4, 0.5) is 0 Å². The predicted octanol–water partition coefficient (Wildman–Crippen LogP) is 3.59. The summed E-state index contributed by atoms with van der Waals surface area (Å²) in [6.07, 6.45) is 4.43. The molecule has 0 bridgehead atoms. The Hall–Kier alpha value is -1.80. The molecule has 2 heteroatoms. The highest BCUT2D eigenvalue weighted by Gasteiger charge is 2.34. The van der Waals surface area contributed by atoms with E-state index in [4.69, 9.17) is 10.5 Å². The second-order valence-electron chi connectivity index (χ2n) is 6.12. The van der Waals surface area contributed by atoms with E-state index in [0.717, 1.165) is 38.0 Å². The number of fused-ring (bicyclic) bond motifs is 1. The fraction of sp³-hybridized carbons (Fsp3) is 0.368. The van der Waals surface area contributed by atoms with Gasteiger partial charge in [-0.1, -0.05) is 48.5 Å². The molecule has 2 aromatic rings. The molecule has 1 atom stereocenters. The Balaban J connectivity index is 1.63. The number of benzene rings is 2. The average Bonchev–Trinajstić information content (AvgIpc) is 2.56. The number of ether oxygens (including phenoxy) is 1. The molecule has 110 valence electrons. The summed E-state index contributed by atoms with van der Waals surface area (Å²) in [7, 11) is 0. The highest BCUT2D eigenvalue weighted by molar-refractivity contribution is 5.36. The van der Waals surface area contributed by atoms with E-state index >= 15 is 0 Å². The van der Waals surface area contributed by atoms with Gasteiger partial charge < -0.3 is 10.5 Å². The summed E-state index contributed by atoms with van der Waals surface area (Å²) in [5, 5.41) is 0. The van der Waals surface area contributed by atoms with E-state index < -0.39 is 0 Å². The lowest BCUT2D eigenvalue weighted by Gasteiger charge is -2.37. The summed E-state index contributed by atoms with van der Waals surface area (Å²) in [5.74, 6) is 1.03. The summed E-state index contributed by atoms with van der Waals surface area (Å²) in [6.45, 7) is 1.44. The molecule has 2 nitrogen and oxygen atoms in total. The van der Waals surface area contributed by atoms with E-state index in [1.807, 2.05) is 6.07 Å². The molecular weight excluding hydrogens is 258 g/mol. The van der Waals surface area contributed by atoms with E-state index in [2.05, 4.69) is 48.5 Å².